The van der Waals surface area contributed by atoms with E-state index in [-0.39, 0.29) is 17.7 Å². The molecule has 4 aliphatic heterocycles. The number of fused-ring (bicyclic) bond motifs is 10. The topological polar surface area (TPSA) is 6.48 Å². The lowest BCUT2D eigenvalue weighted by Crippen LogP contribution is -2.65. The summed E-state index contributed by atoms with van der Waals surface area (Å²) in [6.07, 6.45) is 8.59. The van der Waals surface area contributed by atoms with Crippen molar-refractivity contribution in [2.24, 2.45) is 0 Å². The van der Waals surface area contributed by atoms with Gasteiger partial charge in [-0.1, -0.05) is 62.9 Å². The molecule has 4 unspecified atom stereocenters. The second kappa shape index (κ2) is 6.66. The van der Waals surface area contributed by atoms with Gasteiger partial charge in [-0.3, -0.25) is 0 Å². The van der Waals surface area contributed by atoms with Crippen LogP contribution < -0.4 is 26.2 Å². The fourth-order valence-corrected chi connectivity index (χ4v) is 9.83. The molecule has 3 aromatic carbocycles. The zero-order chi connectivity index (χ0) is 26.7. The molecule has 0 saturated heterocycles. The number of anilines is 4. The summed E-state index contributed by atoms with van der Waals surface area (Å²) in [5, 5.41) is 0. The molecule has 4 atom stereocenters. The van der Waals surface area contributed by atoms with Crippen LogP contribution in [-0.2, 0) is 5.41 Å². The fourth-order valence-electron chi connectivity index (χ4n) is 9.83. The molecule has 0 N–H and O–H groups in total. The van der Waals surface area contributed by atoms with Gasteiger partial charge in [0, 0.05) is 41.4 Å². The van der Waals surface area contributed by atoms with Gasteiger partial charge in [-0.05, 0) is 97.2 Å². The van der Waals surface area contributed by atoms with Crippen LogP contribution in [0.3, 0.4) is 0 Å². The van der Waals surface area contributed by atoms with Crippen LogP contribution in [0.15, 0.2) is 42.5 Å². The maximum Gasteiger partial charge on any atom is 0.252 e. The van der Waals surface area contributed by atoms with E-state index in [1.54, 1.807) is 5.56 Å². The van der Waals surface area contributed by atoms with Crippen molar-refractivity contribution in [1.29, 1.82) is 0 Å². The molecule has 2 fully saturated rings. The molecule has 37 heavy (non-hydrogen) atoms. The highest BCUT2D eigenvalue weighted by molar-refractivity contribution is 7.00. The Balaban J connectivity index is 1.43. The molecule has 2 aliphatic carbocycles. The summed E-state index contributed by atoms with van der Waals surface area (Å²) < 4.78 is 20.0. The number of hydrogen-bond acceptors (Lipinski definition) is 2. The van der Waals surface area contributed by atoms with Crippen molar-refractivity contribution in [2.45, 2.75) is 102 Å². The van der Waals surface area contributed by atoms with Crippen LogP contribution >= 0.6 is 0 Å². The highest BCUT2D eigenvalue weighted by atomic mass is 15.3. The van der Waals surface area contributed by atoms with E-state index in [0.717, 1.165) is 31.2 Å². The summed E-state index contributed by atoms with van der Waals surface area (Å²) in [6.45, 7) is 9.73. The van der Waals surface area contributed by atoms with Crippen molar-refractivity contribution in [3.8, 4) is 0 Å². The summed E-state index contributed by atoms with van der Waals surface area (Å²) in [6, 6.07) is 15.3. The van der Waals surface area contributed by atoms with Crippen LogP contribution in [0.1, 0.15) is 96.1 Å². The molecular weight excluding hydrogens is 447 g/mol. The Morgan fingerprint density at radius 2 is 1.57 bits per heavy atom. The van der Waals surface area contributed by atoms with E-state index in [0.29, 0.717) is 0 Å². The van der Waals surface area contributed by atoms with Gasteiger partial charge in [0.05, 0.1) is 6.91 Å². The molecule has 0 radical (unpaired) electrons. The average molecular weight is 487 g/mol. The number of aryl methyl sites for hydroxylation is 2. The Morgan fingerprint density at radius 3 is 2.43 bits per heavy atom. The van der Waals surface area contributed by atoms with E-state index < -0.39 is 11.9 Å². The fraction of sp³-hybridized carbons (Fsp3) is 0.471. The summed E-state index contributed by atoms with van der Waals surface area (Å²) >= 11 is 0. The van der Waals surface area contributed by atoms with Crippen LogP contribution in [0.25, 0.3) is 0 Å². The van der Waals surface area contributed by atoms with E-state index in [1.807, 2.05) is 0 Å². The summed E-state index contributed by atoms with van der Waals surface area (Å²) in [7, 11) is 0. The lowest BCUT2D eigenvalue weighted by atomic mass is 9.33. The highest BCUT2D eigenvalue weighted by Crippen LogP contribution is 2.63. The van der Waals surface area contributed by atoms with Crippen LogP contribution in [0.2, 0.25) is 0 Å². The second-order valence-electron chi connectivity index (χ2n) is 13.1. The van der Waals surface area contributed by atoms with Gasteiger partial charge in [0.2, 0.25) is 0 Å². The minimum absolute atomic E-state index is 0.0287. The Bertz CT molecular complexity index is 1530. The van der Waals surface area contributed by atoms with E-state index in [9.17, 15) is 2.74 Å². The van der Waals surface area contributed by atoms with E-state index in [1.165, 1.54) is 75.9 Å². The van der Waals surface area contributed by atoms with Gasteiger partial charge in [0.25, 0.3) is 6.71 Å². The van der Waals surface area contributed by atoms with Gasteiger partial charge >= 0.3 is 0 Å². The van der Waals surface area contributed by atoms with Crippen molar-refractivity contribution in [3.63, 3.8) is 0 Å². The maximum atomic E-state index is 10.1. The number of rotatable bonds is 0. The molecular formula is C34H37BN2. The third-order valence-corrected chi connectivity index (χ3v) is 11.6. The normalized spacial score (nSPS) is 36.3. The summed E-state index contributed by atoms with van der Waals surface area (Å²) in [5.74, 6) is -0.900. The molecule has 0 spiro atoms. The van der Waals surface area contributed by atoms with E-state index in [2.05, 4.69) is 80.0 Å². The zero-order valence-electron chi connectivity index (χ0n) is 24.7. The number of nitrogens with zero attached hydrogens (tertiary/aromatic N) is 2. The quantitative estimate of drug-likeness (QED) is 0.341. The van der Waals surface area contributed by atoms with Gasteiger partial charge in [0.15, 0.2) is 0 Å². The SMILES string of the molecule is [2H]C12CCCCC1([2H])N1c3cccc4c3B(c3ccc(C)c2c31)c1ccc(C)c2c1N4C1(C)CCCCC21C. The molecule has 4 heterocycles. The van der Waals surface area contributed by atoms with Gasteiger partial charge < -0.3 is 9.80 Å². The third kappa shape index (κ3) is 2.19. The molecule has 186 valence electrons. The molecule has 9 rings (SSSR count). The van der Waals surface area contributed by atoms with E-state index >= 15 is 0 Å². The Hall–Kier alpha value is -2.68. The summed E-state index contributed by atoms with van der Waals surface area (Å²) in [5.41, 5.74) is 14.8. The van der Waals surface area contributed by atoms with Crippen molar-refractivity contribution in [1.82, 2.24) is 0 Å². The van der Waals surface area contributed by atoms with Crippen molar-refractivity contribution < 1.29 is 2.74 Å². The van der Waals surface area contributed by atoms with Gasteiger partial charge in [-0.15, -0.1) is 0 Å². The average Bonchev–Trinajstić information content (AvgIpc) is 3.28. The predicted molar refractivity (Wildman–Crippen MR) is 157 cm³/mol. The zero-order valence-corrected chi connectivity index (χ0v) is 22.7. The highest BCUT2D eigenvalue weighted by Gasteiger charge is 2.62. The predicted octanol–water partition coefficient (Wildman–Crippen LogP) is 6.37. The molecule has 2 saturated carbocycles. The minimum Gasteiger partial charge on any atom is -0.338 e. The molecule has 6 aliphatic rings. The first-order valence-electron chi connectivity index (χ1n) is 15.7. The standard InChI is InChI=1S/C34H37BN2/c1-20-14-16-23-31-28(20)22-10-5-6-11-25(22)36(31)26-12-9-13-27-30(26)35(23)24-17-15-21(2)29-32(24)37(27)34(4)19-8-7-18-33(29,34)3/h9,12-17,22,25H,5-8,10-11,18-19H2,1-4H3/i22D,25D. The molecule has 0 bridgehead atoms. The number of benzene rings is 3. The van der Waals surface area contributed by atoms with Gasteiger partial charge in [0.1, 0.15) is 0 Å². The lowest BCUT2D eigenvalue weighted by molar-refractivity contribution is 0.194. The number of hydrogen-bond donors (Lipinski definition) is 0. The minimum atomic E-state index is -0.971. The van der Waals surface area contributed by atoms with Crippen LogP contribution in [-0.4, -0.2) is 18.3 Å². The largest absolute Gasteiger partial charge is 0.338 e. The maximum absolute atomic E-state index is 10.1. The van der Waals surface area contributed by atoms with Crippen molar-refractivity contribution in [2.75, 3.05) is 9.80 Å². The molecule has 0 aromatic heterocycles. The first-order valence-corrected chi connectivity index (χ1v) is 14.7. The van der Waals surface area contributed by atoms with E-state index in [4.69, 9.17) is 0 Å². The van der Waals surface area contributed by atoms with Gasteiger partial charge in [-0.25, -0.2) is 0 Å². The van der Waals surface area contributed by atoms with Crippen molar-refractivity contribution >= 4 is 45.9 Å². The Kier molecular flexibility index (Phi) is 3.49. The Labute approximate surface area is 225 Å². The third-order valence-electron chi connectivity index (χ3n) is 11.6. The van der Waals surface area contributed by atoms with Crippen LogP contribution in [0.4, 0.5) is 22.7 Å². The van der Waals surface area contributed by atoms with Crippen LogP contribution in [0, 0.1) is 13.8 Å². The second-order valence-corrected chi connectivity index (χ2v) is 13.1. The van der Waals surface area contributed by atoms with Crippen molar-refractivity contribution in [3.05, 3.63) is 64.7 Å². The van der Waals surface area contributed by atoms with Gasteiger partial charge in [-0.2, -0.15) is 0 Å². The Morgan fingerprint density at radius 1 is 0.838 bits per heavy atom. The summed E-state index contributed by atoms with van der Waals surface area (Å²) in [4.78, 5) is 5.12. The molecule has 3 heteroatoms. The monoisotopic (exact) mass is 486 g/mol. The molecule has 3 aromatic rings. The molecule has 2 nitrogen and oxygen atoms in total. The first kappa shape index (κ1) is 19.4. The first-order chi connectivity index (χ1) is 18.7. The van der Waals surface area contributed by atoms with Crippen LogP contribution in [0.5, 0.6) is 0 Å². The lowest BCUT2D eigenvalue weighted by Gasteiger charge is -2.52. The molecule has 0 amide bonds. The smallest absolute Gasteiger partial charge is 0.252 e.